The lowest BCUT2D eigenvalue weighted by Gasteiger charge is -2.18. The van der Waals surface area contributed by atoms with Crippen LogP contribution in [-0.4, -0.2) is 56.7 Å². The molecule has 2 aromatic carbocycles. The number of carboxylic acid groups (broad SMARTS) is 1. The van der Waals surface area contributed by atoms with Crippen molar-refractivity contribution in [2.24, 2.45) is 0 Å². The second-order valence-electron chi connectivity index (χ2n) is 8.40. The van der Waals surface area contributed by atoms with Crippen molar-refractivity contribution in [3.05, 3.63) is 82.1 Å². The van der Waals surface area contributed by atoms with Crippen molar-refractivity contribution in [1.82, 2.24) is 19.4 Å². The molecule has 0 fully saturated rings. The van der Waals surface area contributed by atoms with E-state index in [1.807, 2.05) is 13.8 Å². The normalized spacial score (nSPS) is 10.8. The highest BCUT2D eigenvalue weighted by molar-refractivity contribution is 5.93. The second-order valence-corrected chi connectivity index (χ2v) is 8.40. The van der Waals surface area contributed by atoms with Gasteiger partial charge in [0.05, 0.1) is 11.3 Å². The van der Waals surface area contributed by atoms with E-state index in [-0.39, 0.29) is 17.2 Å². The highest BCUT2D eigenvalue weighted by Gasteiger charge is 2.19. The molecule has 0 amide bonds. The average Bonchev–Trinajstić information content (AvgIpc) is 2.95. The lowest BCUT2D eigenvalue weighted by molar-refractivity contribution is 0.0697. The highest BCUT2D eigenvalue weighted by atomic mass is 19.1. The first-order valence-electron chi connectivity index (χ1n) is 13.0. The molecule has 8 nitrogen and oxygen atoms in total. The van der Waals surface area contributed by atoms with Gasteiger partial charge in [0.1, 0.15) is 17.3 Å². The maximum Gasteiger partial charge on any atom is 0.335 e. The van der Waals surface area contributed by atoms with Crippen molar-refractivity contribution >= 4 is 23.0 Å². The molecule has 0 aliphatic heterocycles. The number of aromatic carboxylic acids is 1. The summed E-state index contributed by atoms with van der Waals surface area (Å²) in [6.45, 7) is 11.4. The van der Waals surface area contributed by atoms with Gasteiger partial charge in [0.25, 0.3) is 5.56 Å². The van der Waals surface area contributed by atoms with Gasteiger partial charge in [0.15, 0.2) is 5.65 Å². The maximum absolute atomic E-state index is 14.8. The van der Waals surface area contributed by atoms with Crippen molar-refractivity contribution < 1.29 is 18.7 Å². The minimum Gasteiger partial charge on any atom is -0.478 e. The van der Waals surface area contributed by atoms with Crippen LogP contribution in [0.25, 0.3) is 28.0 Å². The SMILES string of the molecule is CC.CCN(CC)CCCNc1nc(-c2ccc(C(=O)O)cc2)c2ccc(=O)n(-c3c(F)cccc3F)c2n1. The number of nitrogens with zero attached hydrogens (tertiary/aromatic N) is 4. The molecule has 206 valence electrons. The quantitative estimate of drug-likeness (QED) is 0.254. The number of anilines is 1. The number of carboxylic acids is 1. The van der Waals surface area contributed by atoms with Gasteiger partial charge in [-0.05, 0) is 56.4 Å². The minimum atomic E-state index is -1.07. The molecule has 0 saturated heterocycles. The number of halogens is 2. The second kappa shape index (κ2) is 13.6. The third kappa shape index (κ3) is 6.64. The Hall–Kier alpha value is -4.18. The number of hydrogen-bond donors (Lipinski definition) is 2. The molecular formula is C29H33F2N5O3. The highest BCUT2D eigenvalue weighted by Crippen LogP contribution is 2.29. The van der Waals surface area contributed by atoms with Crippen LogP contribution in [0.1, 0.15) is 44.5 Å². The predicted octanol–water partition coefficient (Wildman–Crippen LogP) is 5.59. The Bertz CT molecular complexity index is 1470. The van der Waals surface area contributed by atoms with Gasteiger partial charge >= 0.3 is 5.97 Å². The lowest BCUT2D eigenvalue weighted by atomic mass is 10.1. The van der Waals surface area contributed by atoms with Crippen LogP contribution in [0.5, 0.6) is 0 Å². The largest absolute Gasteiger partial charge is 0.478 e. The summed E-state index contributed by atoms with van der Waals surface area (Å²) >= 11 is 0. The fraction of sp³-hybridized carbons (Fsp3) is 0.310. The Labute approximate surface area is 226 Å². The fourth-order valence-electron chi connectivity index (χ4n) is 4.15. The molecule has 10 heteroatoms. The Morgan fingerprint density at radius 1 is 0.974 bits per heavy atom. The molecule has 0 aliphatic rings. The summed E-state index contributed by atoms with van der Waals surface area (Å²) in [5.74, 6) is -2.71. The first-order chi connectivity index (χ1) is 18.8. The van der Waals surface area contributed by atoms with E-state index < -0.39 is 28.9 Å². The van der Waals surface area contributed by atoms with Gasteiger partial charge in [-0.25, -0.2) is 18.6 Å². The maximum atomic E-state index is 14.8. The third-order valence-corrected chi connectivity index (χ3v) is 6.15. The first-order valence-corrected chi connectivity index (χ1v) is 13.0. The van der Waals surface area contributed by atoms with E-state index in [1.54, 1.807) is 12.1 Å². The number of benzene rings is 2. The van der Waals surface area contributed by atoms with E-state index in [9.17, 15) is 23.5 Å². The summed E-state index contributed by atoms with van der Waals surface area (Å²) in [5.41, 5.74) is -0.120. The van der Waals surface area contributed by atoms with Crippen LogP contribution in [-0.2, 0) is 0 Å². The van der Waals surface area contributed by atoms with Crippen molar-refractivity contribution in [1.29, 1.82) is 0 Å². The molecule has 2 heterocycles. The van der Waals surface area contributed by atoms with E-state index >= 15 is 0 Å². The predicted molar refractivity (Wildman–Crippen MR) is 150 cm³/mol. The molecule has 0 saturated carbocycles. The smallest absolute Gasteiger partial charge is 0.335 e. The molecule has 0 unspecified atom stereocenters. The molecule has 39 heavy (non-hydrogen) atoms. The van der Waals surface area contributed by atoms with Crippen LogP contribution >= 0.6 is 0 Å². The van der Waals surface area contributed by atoms with E-state index in [2.05, 4.69) is 34.0 Å². The van der Waals surface area contributed by atoms with Crippen molar-refractivity contribution in [2.45, 2.75) is 34.1 Å². The number of hydrogen-bond acceptors (Lipinski definition) is 6. The Kier molecular flexibility index (Phi) is 10.2. The van der Waals surface area contributed by atoms with Crippen LogP contribution in [0, 0.1) is 11.6 Å². The van der Waals surface area contributed by atoms with Gasteiger partial charge in [-0.3, -0.25) is 9.36 Å². The lowest BCUT2D eigenvalue weighted by Crippen LogP contribution is -2.25. The number of aromatic nitrogens is 3. The summed E-state index contributed by atoms with van der Waals surface area (Å²) in [7, 11) is 0. The topological polar surface area (TPSA) is 100 Å². The molecule has 4 rings (SSSR count). The van der Waals surface area contributed by atoms with E-state index in [1.165, 1.54) is 30.3 Å². The van der Waals surface area contributed by atoms with Crippen molar-refractivity contribution in [3.8, 4) is 16.9 Å². The number of para-hydroxylation sites is 1. The Balaban J connectivity index is 0.00000205. The van der Waals surface area contributed by atoms with Gasteiger partial charge in [0.2, 0.25) is 5.95 Å². The van der Waals surface area contributed by atoms with Gasteiger partial charge in [-0.2, -0.15) is 4.98 Å². The van der Waals surface area contributed by atoms with Crippen LogP contribution in [0.15, 0.2) is 59.4 Å². The molecule has 0 atom stereocenters. The van der Waals surface area contributed by atoms with Crippen LogP contribution in [0.4, 0.5) is 14.7 Å². The van der Waals surface area contributed by atoms with Gasteiger partial charge in [-0.15, -0.1) is 0 Å². The Morgan fingerprint density at radius 2 is 1.62 bits per heavy atom. The summed E-state index contributed by atoms with van der Waals surface area (Å²) in [6, 6.07) is 12.1. The number of fused-ring (bicyclic) bond motifs is 1. The molecule has 0 bridgehead atoms. The molecule has 4 aromatic rings. The number of carbonyl (C=O) groups is 1. The summed E-state index contributed by atoms with van der Waals surface area (Å²) in [4.78, 5) is 35.6. The van der Waals surface area contributed by atoms with Crippen LogP contribution in [0.3, 0.4) is 0 Å². The Morgan fingerprint density at radius 3 is 2.21 bits per heavy atom. The standard InChI is InChI=1S/C27H27F2N5O3.C2H6/c1-3-33(4-2)16-6-15-30-27-31-23(17-9-11-18(12-10-17)26(36)37)19-13-14-22(35)34(25(19)32-27)24-20(28)7-5-8-21(24)29;1-2/h5,7-14H,3-4,6,15-16H2,1-2H3,(H,36,37)(H,30,31,32);1-2H3. The number of nitrogens with one attached hydrogen (secondary N) is 1. The minimum absolute atomic E-state index is 0.0232. The molecular weight excluding hydrogens is 504 g/mol. The number of pyridine rings is 1. The van der Waals surface area contributed by atoms with Crippen molar-refractivity contribution in [3.63, 3.8) is 0 Å². The average molecular weight is 538 g/mol. The molecule has 0 radical (unpaired) electrons. The zero-order valence-corrected chi connectivity index (χ0v) is 22.5. The molecule has 2 aromatic heterocycles. The summed E-state index contributed by atoms with van der Waals surface area (Å²) in [5, 5.41) is 12.8. The monoisotopic (exact) mass is 537 g/mol. The summed E-state index contributed by atoms with van der Waals surface area (Å²) < 4.78 is 30.4. The van der Waals surface area contributed by atoms with E-state index in [0.29, 0.717) is 23.2 Å². The third-order valence-electron chi connectivity index (χ3n) is 6.15. The van der Waals surface area contributed by atoms with Gasteiger partial charge < -0.3 is 15.3 Å². The van der Waals surface area contributed by atoms with E-state index in [4.69, 9.17) is 0 Å². The molecule has 2 N–H and O–H groups in total. The van der Waals surface area contributed by atoms with Gasteiger partial charge in [0, 0.05) is 23.6 Å². The van der Waals surface area contributed by atoms with E-state index in [0.717, 1.165) is 42.8 Å². The summed E-state index contributed by atoms with van der Waals surface area (Å²) in [6.07, 6.45) is 0.801. The van der Waals surface area contributed by atoms with Gasteiger partial charge in [-0.1, -0.05) is 45.9 Å². The fourth-order valence-corrected chi connectivity index (χ4v) is 4.15. The zero-order valence-electron chi connectivity index (χ0n) is 22.5. The first kappa shape index (κ1) is 29.4. The molecule has 0 aliphatic carbocycles. The van der Waals surface area contributed by atoms with Crippen LogP contribution < -0.4 is 10.9 Å². The zero-order chi connectivity index (χ0) is 28.5. The molecule has 0 spiro atoms. The number of rotatable bonds is 10. The van der Waals surface area contributed by atoms with Crippen molar-refractivity contribution in [2.75, 3.05) is 31.5 Å². The van der Waals surface area contributed by atoms with Crippen LogP contribution in [0.2, 0.25) is 0 Å².